The van der Waals surface area contributed by atoms with Gasteiger partial charge < -0.3 is 10.1 Å². The van der Waals surface area contributed by atoms with Crippen LogP contribution in [0.15, 0.2) is 27.6 Å². The van der Waals surface area contributed by atoms with Crippen LogP contribution >= 0.6 is 15.9 Å². The summed E-state index contributed by atoms with van der Waals surface area (Å²) in [7, 11) is -3.84. The van der Waals surface area contributed by atoms with Crippen molar-refractivity contribution in [2.45, 2.75) is 23.8 Å². The Labute approximate surface area is 125 Å². The molecule has 0 saturated carbocycles. The first-order chi connectivity index (χ1) is 9.36. The van der Waals surface area contributed by atoms with Crippen LogP contribution in [0.5, 0.6) is 0 Å². The molecule has 6 nitrogen and oxygen atoms in total. The molecule has 0 bridgehead atoms. The van der Waals surface area contributed by atoms with E-state index < -0.39 is 10.0 Å². The second-order valence-electron chi connectivity index (χ2n) is 4.58. The zero-order valence-electron chi connectivity index (χ0n) is 10.6. The zero-order valence-corrected chi connectivity index (χ0v) is 13.0. The molecule has 1 aromatic rings. The molecule has 0 aliphatic carbocycles. The highest BCUT2D eigenvalue weighted by Gasteiger charge is 2.19. The maximum Gasteiger partial charge on any atom is 0.251 e. The molecule has 20 heavy (non-hydrogen) atoms. The van der Waals surface area contributed by atoms with Crippen LogP contribution in [0.1, 0.15) is 23.2 Å². The molecule has 1 amide bonds. The summed E-state index contributed by atoms with van der Waals surface area (Å²) in [4.78, 5) is 12.0. The van der Waals surface area contributed by atoms with Gasteiger partial charge in [0.2, 0.25) is 10.0 Å². The monoisotopic (exact) mass is 362 g/mol. The van der Waals surface area contributed by atoms with Crippen LogP contribution in [-0.4, -0.2) is 33.6 Å². The van der Waals surface area contributed by atoms with Crippen molar-refractivity contribution in [1.29, 1.82) is 0 Å². The van der Waals surface area contributed by atoms with E-state index in [0.29, 0.717) is 17.7 Å². The summed E-state index contributed by atoms with van der Waals surface area (Å²) in [5, 5.41) is 7.95. The molecular formula is C12H15BrN2O4S. The molecule has 8 heteroatoms. The fraction of sp³-hybridized carbons (Fsp3) is 0.417. The standard InChI is InChI=1S/C12H15BrN2O4S/c13-9-5-8(6-11(7-9)20(14,17)18)12(16)15-10-1-3-19-4-2-10/h5-7,10H,1-4H2,(H,15,16)(H2,14,17,18). The molecule has 1 saturated heterocycles. The number of amides is 1. The normalized spacial score (nSPS) is 16.9. The second-order valence-corrected chi connectivity index (χ2v) is 7.06. The lowest BCUT2D eigenvalue weighted by Gasteiger charge is -2.23. The van der Waals surface area contributed by atoms with Crippen LogP contribution in [0, 0.1) is 0 Å². The Kier molecular flexibility index (Phi) is 4.79. The first kappa shape index (κ1) is 15.4. The zero-order chi connectivity index (χ0) is 14.8. The van der Waals surface area contributed by atoms with Gasteiger partial charge in [-0.2, -0.15) is 0 Å². The van der Waals surface area contributed by atoms with Gasteiger partial charge in [-0.3, -0.25) is 4.79 Å². The van der Waals surface area contributed by atoms with E-state index in [9.17, 15) is 13.2 Å². The number of benzene rings is 1. The number of halogens is 1. The first-order valence-corrected chi connectivity index (χ1v) is 8.42. The van der Waals surface area contributed by atoms with Crippen LogP contribution < -0.4 is 10.5 Å². The molecule has 1 heterocycles. The molecular weight excluding hydrogens is 348 g/mol. The summed E-state index contributed by atoms with van der Waals surface area (Å²) in [5.41, 5.74) is 0.259. The Morgan fingerprint density at radius 3 is 2.55 bits per heavy atom. The van der Waals surface area contributed by atoms with E-state index in [0.717, 1.165) is 12.8 Å². The number of sulfonamides is 1. The van der Waals surface area contributed by atoms with E-state index in [1.54, 1.807) is 6.07 Å². The number of nitrogens with two attached hydrogens (primary N) is 1. The third-order valence-corrected chi connectivity index (χ3v) is 4.37. The quantitative estimate of drug-likeness (QED) is 0.837. The number of carbonyl (C=O) groups excluding carboxylic acids is 1. The fourth-order valence-electron chi connectivity index (χ4n) is 1.97. The number of rotatable bonds is 3. The molecule has 0 unspecified atom stereocenters. The molecule has 1 aromatic carbocycles. The van der Waals surface area contributed by atoms with E-state index in [2.05, 4.69) is 21.2 Å². The summed E-state index contributed by atoms with van der Waals surface area (Å²) >= 11 is 3.18. The molecule has 0 aromatic heterocycles. The molecule has 1 aliphatic rings. The van der Waals surface area contributed by atoms with Gasteiger partial charge in [0.15, 0.2) is 0 Å². The van der Waals surface area contributed by atoms with Gasteiger partial charge in [-0.1, -0.05) is 15.9 Å². The molecule has 0 radical (unpaired) electrons. The highest BCUT2D eigenvalue weighted by Crippen LogP contribution is 2.19. The van der Waals surface area contributed by atoms with E-state index in [1.165, 1.54) is 12.1 Å². The van der Waals surface area contributed by atoms with E-state index in [4.69, 9.17) is 9.88 Å². The highest BCUT2D eigenvalue weighted by molar-refractivity contribution is 9.10. The molecule has 0 spiro atoms. The van der Waals surface area contributed by atoms with Crippen LogP contribution in [0.25, 0.3) is 0 Å². The van der Waals surface area contributed by atoms with Gasteiger partial charge in [0.1, 0.15) is 0 Å². The number of hydrogen-bond donors (Lipinski definition) is 2. The lowest BCUT2D eigenvalue weighted by molar-refractivity contribution is 0.0696. The van der Waals surface area contributed by atoms with E-state index >= 15 is 0 Å². The topological polar surface area (TPSA) is 98.5 Å². The molecule has 3 N–H and O–H groups in total. The molecule has 1 fully saturated rings. The maximum absolute atomic E-state index is 12.1. The van der Waals surface area contributed by atoms with Gasteiger partial charge in [0, 0.05) is 29.3 Å². The van der Waals surface area contributed by atoms with Crippen LogP contribution in [-0.2, 0) is 14.8 Å². The van der Waals surface area contributed by atoms with Gasteiger partial charge >= 0.3 is 0 Å². The van der Waals surface area contributed by atoms with Crippen molar-refractivity contribution in [1.82, 2.24) is 5.32 Å². The molecule has 1 aliphatic heterocycles. The SMILES string of the molecule is NS(=O)(=O)c1cc(Br)cc(C(=O)NC2CCOCC2)c1. The predicted octanol–water partition coefficient (Wildman–Crippen LogP) is 1.01. The van der Waals surface area contributed by atoms with Crippen LogP contribution in [0.4, 0.5) is 0 Å². The minimum Gasteiger partial charge on any atom is -0.381 e. The molecule has 0 atom stereocenters. The third kappa shape index (κ3) is 4.02. The second kappa shape index (κ2) is 6.21. The van der Waals surface area contributed by atoms with Gasteiger partial charge in [0.25, 0.3) is 5.91 Å². The maximum atomic E-state index is 12.1. The molecule has 110 valence electrons. The van der Waals surface area contributed by atoms with E-state index in [1.807, 2.05) is 0 Å². The largest absolute Gasteiger partial charge is 0.381 e. The van der Waals surface area contributed by atoms with Crippen LogP contribution in [0.3, 0.4) is 0 Å². The summed E-state index contributed by atoms with van der Waals surface area (Å²) in [5.74, 6) is -0.317. The fourth-order valence-corrected chi connectivity index (χ4v) is 3.20. The van der Waals surface area contributed by atoms with Crippen LogP contribution in [0.2, 0.25) is 0 Å². The smallest absolute Gasteiger partial charge is 0.251 e. The highest BCUT2D eigenvalue weighted by atomic mass is 79.9. The Balaban J connectivity index is 2.19. The molecule has 2 rings (SSSR count). The Bertz CT molecular complexity index is 612. The average molecular weight is 363 g/mol. The predicted molar refractivity (Wildman–Crippen MR) is 76.8 cm³/mol. The van der Waals surface area contributed by atoms with Crippen molar-refractivity contribution in [2.75, 3.05) is 13.2 Å². The number of ether oxygens (including phenoxy) is 1. The summed E-state index contributed by atoms with van der Waals surface area (Å²) in [6, 6.07) is 4.24. The van der Waals surface area contributed by atoms with Crippen molar-refractivity contribution in [3.8, 4) is 0 Å². The summed E-state index contributed by atoms with van der Waals surface area (Å²) < 4.78 is 28.4. The average Bonchev–Trinajstić information content (AvgIpc) is 2.38. The van der Waals surface area contributed by atoms with Gasteiger partial charge in [-0.15, -0.1) is 0 Å². The number of hydrogen-bond acceptors (Lipinski definition) is 4. The van der Waals surface area contributed by atoms with Gasteiger partial charge in [-0.05, 0) is 31.0 Å². The Morgan fingerprint density at radius 1 is 1.30 bits per heavy atom. The minimum absolute atomic E-state index is 0.0492. The Hall–Kier alpha value is -0.960. The summed E-state index contributed by atoms with van der Waals surface area (Å²) in [6.07, 6.45) is 1.50. The lowest BCUT2D eigenvalue weighted by atomic mass is 10.1. The number of primary sulfonamides is 1. The third-order valence-electron chi connectivity index (χ3n) is 3.02. The Morgan fingerprint density at radius 2 is 1.95 bits per heavy atom. The van der Waals surface area contributed by atoms with Crippen molar-refractivity contribution in [3.63, 3.8) is 0 Å². The van der Waals surface area contributed by atoms with Crippen molar-refractivity contribution in [2.24, 2.45) is 5.14 Å². The summed E-state index contributed by atoms with van der Waals surface area (Å²) in [6.45, 7) is 1.23. The van der Waals surface area contributed by atoms with Crippen molar-refractivity contribution < 1.29 is 17.9 Å². The first-order valence-electron chi connectivity index (χ1n) is 6.08. The van der Waals surface area contributed by atoms with Crippen molar-refractivity contribution in [3.05, 3.63) is 28.2 Å². The minimum atomic E-state index is -3.84. The number of nitrogens with one attached hydrogen (secondary N) is 1. The van der Waals surface area contributed by atoms with E-state index in [-0.39, 0.29) is 22.4 Å². The lowest BCUT2D eigenvalue weighted by Crippen LogP contribution is -2.39. The number of carbonyl (C=O) groups is 1. The van der Waals surface area contributed by atoms with Crippen molar-refractivity contribution >= 4 is 31.9 Å². The van der Waals surface area contributed by atoms with Gasteiger partial charge in [0.05, 0.1) is 4.90 Å². The van der Waals surface area contributed by atoms with Gasteiger partial charge in [-0.25, -0.2) is 13.6 Å².